The summed E-state index contributed by atoms with van der Waals surface area (Å²) in [5.41, 5.74) is 2.78. The van der Waals surface area contributed by atoms with Crippen LogP contribution in [0, 0.1) is 6.92 Å². The van der Waals surface area contributed by atoms with Gasteiger partial charge in [0.25, 0.3) is 0 Å². The summed E-state index contributed by atoms with van der Waals surface area (Å²) in [6, 6.07) is 22.3. The molecule has 0 saturated heterocycles. The van der Waals surface area contributed by atoms with Crippen LogP contribution in [-0.2, 0) is 10.0 Å². The predicted molar refractivity (Wildman–Crippen MR) is 130 cm³/mol. The Bertz CT molecular complexity index is 1250. The first kappa shape index (κ1) is 22.6. The quantitative estimate of drug-likeness (QED) is 0.377. The zero-order valence-electron chi connectivity index (χ0n) is 17.9. The van der Waals surface area contributed by atoms with E-state index in [0.717, 1.165) is 15.6 Å². The van der Waals surface area contributed by atoms with E-state index in [1.54, 1.807) is 36.4 Å². The highest BCUT2D eigenvalue weighted by molar-refractivity contribution is 9.10. The second-order valence-corrected chi connectivity index (χ2v) is 10.7. The summed E-state index contributed by atoms with van der Waals surface area (Å²) in [5.74, 6) is -0.161. The Morgan fingerprint density at radius 2 is 1.56 bits per heavy atom. The number of carbonyl (C=O) groups excluding carboxylic acids is 1. The molecular formula is C26H24BrNO3S. The fraction of sp³-hybridized carbons (Fsp3) is 0.192. The molecule has 164 valence electrons. The van der Waals surface area contributed by atoms with Crippen molar-refractivity contribution in [2.75, 3.05) is 0 Å². The number of rotatable bonds is 6. The van der Waals surface area contributed by atoms with Gasteiger partial charge in [-0.2, -0.15) is 4.31 Å². The Morgan fingerprint density at radius 1 is 0.938 bits per heavy atom. The molecular weight excluding hydrogens is 486 g/mol. The minimum Gasteiger partial charge on any atom is -0.289 e. The van der Waals surface area contributed by atoms with E-state index in [-0.39, 0.29) is 10.7 Å². The molecule has 1 aliphatic rings. The van der Waals surface area contributed by atoms with E-state index in [1.165, 1.54) is 4.31 Å². The van der Waals surface area contributed by atoms with E-state index in [9.17, 15) is 13.2 Å². The Balaban J connectivity index is 1.85. The zero-order chi connectivity index (χ0) is 22.9. The van der Waals surface area contributed by atoms with Crippen LogP contribution in [0.2, 0.25) is 0 Å². The zero-order valence-corrected chi connectivity index (χ0v) is 20.3. The maximum absolute atomic E-state index is 13.8. The Labute approximate surface area is 197 Å². The van der Waals surface area contributed by atoms with E-state index >= 15 is 0 Å². The SMILES string of the molecule is CC[C@@H]1C=C(C(=O)c2ccc(Br)cc2)[C@H](c2ccccc2)N1S(=O)(=O)c1ccc(C)cc1. The van der Waals surface area contributed by atoms with Gasteiger partial charge in [0.1, 0.15) is 0 Å². The molecule has 0 aliphatic carbocycles. The molecule has 4 rings (SSSR count). The second kappa shape index (κ2) is 9.14. The third-order valence-corrected chi connectivity index (χ3v) is 8.18. The summed E-state index contributed by atoms with van der Waals surface area (Å²) >= 11 is 3.40. The molecule has 0 N–H and O–H groups in total. The second-order valence-electron chi connectivity index (χ2n) is 7.89. The molecule has 1 aliphatic heterocycles. The van der Waals surface area contributed by atoms with Crippen LogP contribution in [0.5, 0.6) is 0 Å². The van der Waals surface area contributed by atoms with Gasteiger partial charge in [-0.15, -0.1) is 0 Å². The Kier molecular flexibility index (Phi) is 6.47. The van der Waals surface area contributed by atoms with E-state index < -0.39 is 22.1 Å². The first-order chi connectivity index (χ1) is 15.3. The number of sulfonamides is 1. The molecule has 0 radical (unpaired) electrons. The maximum Gasteiger partial charge on any atom is 0.244 e. The first-order valence-electron chi connectivity index (χ1n) is 10.5. The normalized spacial score (nSPS) is 19.0. The largest absolute Gasteiger partial charge is 0.289 e. The molecule has 0 bridgehead atoms. The van der Waals surface area contributed by atoms with E-state index in [2.05, 4.69) is 15.9 Å². The number of halogens is 1. The predicted octanol–water partition coefficient (Wildman–Crippen LogP) is 6.09. The number of ketones is 1. The molecule has 0 fully saturated rings. The fourth-order valence-electron chi connectivity index (χ4n) is 4.08. The lowest BCUT2D eigenvalue weighted by molar-refractivity contribution is 0.102. The van der Waals surface area contributed by atoms with Crippen molar-refractivity contribution in [3.8, 4) is 0 Å². The summed E-state index contributed by atoms with van der Waals surface area (Å²) in [4.78, 5) is 13.8. The minimum absolute atomic E-state index is 0.161. The lowest BCUT2D eigenvalue weighted by Gasteiger charge is -2.31. The van der Waals surface area contributed by atoms with Gasteiger partial charge in [0.05, 0.1) is 10.9 Å². The Hall–Kier alpha value is -2.54. The van der Waals surface area contributed by atoms with Gasteiger partial charge in [-0.25, -0.2) is 8.42 Å². The monoisotopic (exact) mass is 509 g/mol. The average Bonchev–Trinajstić information content (AvgIpc) is 3.20. The molecule has 0 aromatic heterocycles. The number of aryl methyl sites for hydroxylation is 1. The van der Waals surface area contributed by atoms with Crippen LogP contribution in [0.4, 0.5) is 0 Å². The molecule has 2 atom stereocenters. The smallest absolute Gasteiger partial charge is 0.244 e. The number of Topliss-reactive ketones (excluding diaryl/α,β-unsaturated/α-hetero) is 1. The topological polar surface area (TPSA) is 54.5 Å². The van der Waals surface area contributed by atoms with Crippen molar-refractivity contribution in [1.82, 2.24) is 4.31 Å². The molecule has 6 heteroatoms. The van der Waals surface area contributed by atoms with Crippen LogP contribution in [0.25, 0.3) is 0 Å². The molecule has 3 aromatic rings. The fourth-order valence-corrected chi connectivity index (χ4v) is 6.14. The van der Waals surface area contributed by atoms with Crippen LogP contribution >= 0.6 is 15.9 Å². The van der Waals surface area contributed by atoms with Gasteiger partial charge in [0.2, 0.25) is 10.0 Å². The number of carbonyl (C=O) groups is 1. The van der Waals surface area contributed by atoms with Crippen LogP contribution in [0.3, 0.4) is 0 Å². The van der Waals surface area contributed by atoms with Crippen molar-refractivity contribution in [1.29, 1.82) is 0 Å². The molecule has 0 unspecified atom stereocenters. The Morgan fingerprint density at radius 3 is 2.16 bits per heavy atom. The van der Waals surface area contributed by atoms with Crippen molar-refractivity contribution in [2.24, 2.45) is 0 Å². The van der Waals surface area contributed by atoms with Crippen LogP contribution < -0.4 is 0 Å². The van der Waals surface area contributed by atoms with Crippen molar-refractivity contribution in [2.45, 2.75) is 37.2 Å². The average molecular weight is 510 g/mol. The number of nitrogens with zero attached hydrogens (tertiary/aromatic N) is 1. The van der Waals surface area contributed by atoms with Crippen molar-refractivity contribution in [3.05, 3.63) is 112 Å². The van der Waals surface area contributed by atoms with Gasteiger partial charge in [-0.05, 0) is 55.3 Å². The summed E-state index contributed by atoms with van der Waals surface area (Å²) in [6.45, 7) is 3.86. The third-order valence-electron chi connectivity index (χ3n) is 5.75. The van der Waals surface area contributed by atoms with Gasteiger partial charge in [-0.1, -0.05) is 77.0 Å². The van der Waals surface area contributed by atoms with E-state index in [0.29, 0.717) is 17.6 Å². The van der Waals surface area contributed by atoms with Gasteiger partial charge in [-0.3, -0.25) is 4.79 Å². The molecule has 0 saturated carbocycles. The van der Waals surface area contributed by atoms with Crippen LogP contribution in [-0.4, -0.2) is 24.5 Å². The highest BCUT2D eigenvalue weighted by atomic mass is 79.9. The number of hydrogen-bond donors (Lipinski definition) is 0. The van der Waals surface area contributed by atoms with Gasteiger partial charge in [0, 0.05) is 21.7 Å². The van der Waals surface area contributed by atoms with Gasteiger partial charge < -0.3 is 0 Å². The first-order valence-corrected chi connectivity index (χ1v) is 12.7. The lowest BCUT2D eigenvalue weighted by Crippen LogP contribution is -2.38. The summed E-state index contributed by atoms with van der Waals surface area (Å²) in [6.07, 6.45) is 2.39. The molecule has 4 nitrogen and oxygen atoms in total. The summed E-state index contributed by atoms with van der Waals surface area (Å²) < 4.78 is 30.0. The number of benzene rings is 3. The van der Waals surface area contributed by atoms with Crippen molar-refractivity contribution in [3.63, 3.8) is 0 Å². The molecule has 3 aromatic carbocycles. The molecule has 0 spiro atoms. The summed E-state index contributed by atoms with van der Waals surface area (Å²) in [5, 5.41) is 0. The molecule has 32 heavy (non-hydrogen) atoms. The standard InChI is InChI=1S/C26H24BrNO3S/c1-3-22-17-24(26(29)20-11-13-21(27)14-12-20)25(19-7-5-4-6-8-19)28(22)32(30,31)23-15-9-18(2)10-16-23/h4-17,22,25H,3H2,1-2H3/t22-,25+/m1/s1. The van der Waals surface area contributed by atoms with Gasteiger partial charge in [0.15, 0.2) is 5.78 Å². The highest BCUT2D eigenvalue weighted by Gasteiger charge is 2.45. The van der Waals surface area contributed by atoms with Crippen LogP contribution in [0.15, 0.2) is 99.9 Å². The third kappa shape index (κ3) is 4.22. The van der Waals surface area contributed by atoms with E-state index in [4.69, 9.17) is 0 Å². The molecule has 1 heterocycles. The number of hydrogen-bond acceptors (Lipinski definition) is 3. The van der Waals surface area contributed by atoms with Crippen molar-refractivity contribution < 1.29 is 13.2 Å². The highest BCUT2D eigenvalue weighted by Crippen LogP contribution is 2.43. The molecule has 0 amide bonds. The van der Waals surface area contributed by atoms with Crippen LogP contribution in [0.1, 0.15) is 40.9 Å². The van der Waals surface area contributed by atoms with Gasteiger partial charge >= 0.3 is 0 Å². The minimum atomic E-state index is -3.85. The summed E-state index contributed by atoms with van der Waals surface area (Å²) in [7, 11) is -3.85. The van der Waals surface area contributed by atoms with Crippen molar-refractivity contribution >= 4 is 31.7 Å². The lowest BCUT2D eigenvalue weighted by atomic mass is 9.94. The van der Waals surface area contributed by atoms with E-state index in [1.807, 2.05) is 62.4 Å². The maximum atomic E-state index is 13.8.